The molecule has 0 N–H and O–H groups in total. The number of halogens is 3. The van der Waals surface area contributed by atoms with Crippen molar-refractivity contribution >= 4 is 49.7 Å². The summed E-state index contributed by atoms with van der Waals surface area (Å²) < 4.78 is 27.8. The van der Waals surface area contributed by atoms with Gasteiger partial charge < -0.3 is 9.47 Å². The number of hydrogen-bond acceptors (Lipinski definition) is 3. The molecule has 1 heterocycles. The van der Waals surface area contributed by atoms with Gasteiger partial charge in [0.15, 0.2) is 11.5 Å². The van der Waals surface area contributed by atoms with E-state index in [1.807, 2.05) is 60.7 Å². The Balaban J connectivity index is 1.43. The summed E-state index contributed by atoms with van der Waals surface area (Å²) in [5.41, 5.74) is 3.96. The molecule has 0 aromatic heterocycles. The number of ether oxygens (including phenoxy) is 2. The minimum absolute atomic E-state index is 0.277. The normalized spacial score (nSPS) is 16.1. The maximum absolute atomic E-state index is 14.7. The maximum atomic E-state index is 14.7. The first-order valence-corrected chi connectivity index (χ1v) is 12.9. The zero-order chi connectivity index (χ0) is 25.6. The Morgan fingerprint density at radius 1 is 0.784 bits per heavy atom. The van der Waals surface area contributed by atoms with Crippen LogP contribution in [0.2, 0.25) is 5.02 Å². The molecule has 1 aliphatic rings. The molecule has 37 heavy (non-hydrogen) atoms. The summed E-state index contributed by atoms with van der Waals surface area (Å²) in [4.78, 5) is 5.07. The average Bonchev–Trinajstić information content (AvgIpc) is 3.22. The molecule has 0 amide bonds. The van der Waals surface area contributed by atoms with Crippen molar-refractivity contribution in [3.8, 4) is 11.5 Å². The summed E-state index contributed by atoms with van der Waals surface area (Å²) in [6, 6.07) is 32.5. The fourth-order valence-corrected chi connectivity index (χ4v) is 5.14. The van der Waals surface area contributed by atoms with Crippen LogP contribution in [0.4, 0.5) is 10.1 Å². The zero-order valence-corrected chi connectivity index (χ0v) is 22.1. The average molecular weight is 573 g/mol. The first kappa shape index (κ1) is 23.7. The van der Waals surface area contributed by atoms with Crippen LogP contribution in [0.15, 0.2) is 113 Å². The predicted molar refractivity (Wildman–Crippen MR) is 150 cm³/mol. The Morgan fingerprint density at radius 3 is 1.92 bits per heavy atom. The van der Waals surface area contributed by atoms with Crippen LogP contribution in [0.3, 0.4) is 0 Å². The van der Waals surface area contributed by atoms with Crippen molar-refractivity contribution in [2.45, 2.75) is 12.7 Å². The van der Waals surface area contributed by atoms with Gasteiger partial charge in [0.1, 0.15) is 5.82 Å². The first-order chi connectivity index (χ1) is 17.9. The fourth-order valence-electron chi connectivity index (χ4n) is 4.53. The second kappa shape index (κ2) is 9.33. The molecular weight excluding hydrogens is 553 g/mol. The van der Waals surface area contributed by atoms with Gasteiger partial charge in [0, 0.05) is 27.5 Å². The van der Waals surface area contributed by atoms with Gasteiger partial charge in [-0.3, -0.25) is 0 Å². The molecular formula is C31H20BrClFNO2. The standard InChI is InChI=1S/C31H20BrClFNO2/c1-31(24-13-12-23(33)18-26(24)34)36-28-16-21-14-25(32)27(15-22(21)17-29(28)37-31)35-30(19-8-4-2-5-9-19)20-10-6-3-7-11-20/h2-18H,1H3. The molecule has 0 radical (unpaired) electrons. The number of nitrogens with zero attached hydrogens (tertiary/aromatic N) is 1. The second-order valence-electron chi connectivity index (χ2n) is 8.92. The van der Waals surface area contributed by atoms with Gasteiger partial charge >= 0.3 is 0 Å². The van der Waals surface area contributed by atoms with Crippen LogP contribution in [0, 0.1) is 5.82 Å². The van der Waals surface area contributed by atoms with Gasteiger partial charge in [-0.05, 0) is 69.2 Å². The van der Waals surface area contributed by atoms with Crippen molar-refractivity contribution in [2.24, 2.45) is 4.99 Å². The molecule has 0 saturated heterocycles. The summed E-state index contributed by atoms with van der Waals surface area (Å²) in [6.45, 7) is 1.70. The van der Waals surface area contributed by atoms with E-state index in [1.54, 1.807) is 19.1 Å². The highest BCUT2D eigenvalue weighted by molar-refractivity contribution is 9.10. The van der Waals surface area contributed by atoms with Crippen LogP contribution in [0.25, 0.3) is 10.8 Å². The maximum Gasteiger partial charge on any atom is 0.278 e. The Hall–Kier alpha value is -3.67. The lowest BCUT2D eigenvalue weighted by molar-refractivity contribution is -0.0706. The Morgan fingerprint density at radius 2 is 1.35 bits per heavy atom. The van der Waals surface area contributed by atoms with E-state index in [4.69, 9.17) is 26.1 Å². The minimum Gasteiger partial charge on any atom is -0.444 e. The van der Waals surface area contributed by atoms with Crippen molar-refractivity contribution < 1.29 is 13.9 Å². The van der Waals surface area contributed by atoms with Crippen LogP contribution in [0.5, 0.6) is 11.5 Å². The molecule has 5 aromatic rings. The van der Waals surface area contributed by atoms with Gasteiger partial charge in [0.05, 0.1) is 17.0 Å². The van der Waals surface area contributed by atoms with E-state index in [2.05, 4.69) is 40.2 Å². The second-order valence-corrected chi connectivity index (χ2v) is 10.2. The minimum atomic E-state index is -1.31. The fraction of sp³-hybridized carbons (Fsp3) is 0.0645. The smallest absolute Gasteiger partial charge is 0.278 e. The predicted octanol–water partition coefficient (Wildman–Crippen LogP) is 9.21. The third kappa shape index (κ3) is 4.50. The third-order valence-electron chi connectivity index (χ3n) is 6.33. The molecule has 0 bridgehead atoms. The lowest BCUT2D eigenvalue weighted by atomic mass is 10.0. The summed E-state index contributed by atoms with van der Waals surface area (Å²) in [6.07, 6.45) is 0. The van der Waals surface area contributed by atoms with Crippen molar-refractivity contribution in [3.63, 3.8) is 0 Å². The molecule has 1 atom stereocenters. The van der Waals surface area contributed by atoms with Gasteiger partial charge in [-0.25, -0.2) is 9.38 Å². The van der Waals surface area contributed by atoms with Crippen molar-refractivity contribution in [2.75, 3.05) is 0 Å². The van der Waals surface area contributed by atoms with Gasteiger partial charge in [-0.15, -0.1) is 0 Å². The lowest BCUT2D eigenvalue weighted by Gasteiger charge is -2.23. The highest BCUT2D eigenvalue weighted by Crippen LogP contribution is 2.47. The molecule has 6 heteroatoms. The van der Waals surface area contributed by atoms with Gasteiger partial charge in [0.2, 0.25) is 0 Å². The molecule has 0 fully saturated rings. The first-order valence-electron chi connectivity index (χ1n) is 11.7. The van der Waals surface area contributed by atoms with E-state index in [-0.39, 0.29) is 5.56 Å². The van der Waals surface area contributed by atoms with Crippen LogP contribution in [-0.2, 0) is 5.79 Å². The number of aliphatic imine (C=N–C) groups is 1. The van der Waals surface area contributed by atoms with Gasteiger partial charge in [0.25, 0.3) is 5.79 Å². The number of rotatable bonds is 4. The molecule has 0 spiro atoms. The van der Waals surface area contributed by atoms with Crippen LogP contribution in [-0.4, -0.2) is 5.71 Å². The molecule has 182 valence electrons. The monoisotopic (exact) mass is 571 g/mol. The van der Waals surface area contributed by atoms with Crippen molar-refractivity contribution in [3.05, 3.63) is 135 Å². The van der Waals surface area contributed by atoms with E-state index in [9.17, 15) is 4.39 Å². The zero-order valence-electron chi connectivity index (χ0n) is 19.7. The third-order valence-corrected chi connectivity index (χ3v) is 7.20. The van der Waals surface area contributed by atoms with Gasteiger partial charge in [-0.2, -0.15) is 0 Å². The summed E-state index contributed by atoms with van der Waals surface area (Å²) in [5.74, 6) is -0.712. The molecule has 1 aliphatic heterocycles. The van der Waals surface area contributed by atoms with E-state index >= 15 is 0 Å². The molecule has 6 rings (SSSR count). The number of hydrogen-bond donors (Lipinski definition) is 0. The molecule has 5 aromatic carbocycles. The van der Waals surface area contributed by atoms with Crippen molar-refractivity contribution in [1.82, 2.24) is 0 Å². The Bertz CT molecular complexity index is 1630. The van der Waals surface area contributed by atoms with Crippen LogP contribution < -0.4 is 9.47 Å². The summed E-state index contributed by atoms with van der Waals surface area (Å²) >= 11 is 9.64. The topological polar surface area (TPSA) is 30.8 Å². The SMILES string of the molecule is CC1(c2ccc(Cl)cc2F)Oc2cc3cc(Br)c(N=C(c4ccccc4)c4ccccc4)cc3cc2O1. The van der Waals surface area contributed by atoms with E-state index < -0.39 is 11.6 Å². The van der Waals surface area contributed by atoms with Crippen LogP contribution in [0.1, 0.15) is 23.6 Å². The molecule has 1 unspecified atom stereocenters. The van der Waals surface area contributed by atoms with E-state index in [0.717, 1.165) is 37.8 Å². The highest BCUT2D eigenvalue weighted by Gasteiger charge is 2.41. The number of benzene rings is 5. The summed E-state index contributed by atoms with van der Waals surface area (Å²) in [7, 11) is 0. The van der Waals surface area contributed by atoms with E-state index in [1.165, 1.54) is 6.07 Å². The quantitative estimate of drug-likeness (QED) is 0.201. The summed E-state index contributed by atoms with van der Waals surface area (Å²) in [5, 5.41) is 2.18. The van der Waals surface area contributed by atoms with Crippen LogP contribution >= 0.6 is 27.5 Å². The Kier molecular flexibility index (Phi) is 5.98. The molecule has 3 nitrogen and oxygen atoms in total. The molecule has 0 saturated carbocycles. The molecule has 0 aliphatic carbocycles. The number of fused-ring (bicyclic) bond motifs is 2. The highest BCUT2D eigenvalue weighted by atomic mass is 79.9. The van der Waals surface area contributed by atoms with Gasteiger partial charge in [-0.1, -0.05) is 72.3 Å². The Labute approximate surface area is 227 Å². The largest absolute Gasteiger partial charge is 0.444 e. The van der Waals surface area contributed by atoms with E-state index in [0.29, 0.717) is 16.5 Å². The lowest BCUT2D eigenvalue weighted by Crippen LogP contribution is -2.32. The van der Waals surface area contributed by atoms with Crippen molar-refractivity contribution in [1.29, 1.82) is 0 Å².